The van der Waals surface area contributed by atoms with Gasteiger partial charge in [0.05, 0.1) is 12.2 Å². The number of hydrogen-bond donors (Lipinski definition) is 3. The number of rotatable bonds is 5. The molecule has 0 saturated heterocycles. The van der Waals surface area contributed by atoms with E-state index in [9.17, 15) is 4.79 Å². The highest BCUT2D eigenvalue weighted by molar-refractivity contribution is 6.32. The van der Waals surface area contributed by atoms with Crippen LogP contribution in [0.1, 0.15) is 19.3 Å². The summed E-state index contributed by atoms with van der Waals surface area (Å²) in [5.41, 5.74) is 5.00. The van der Waals surface area contributed by atoms with Crippen LogP contribution in [0.2, 0.25) is 5.02 Å². The van der Waals surface area contributed by atoms with Crippen molar-refractivity contribution >= 4 is 23.3 Å². The van der Waals surface area contributed by atoms with Gasteiger partial charge in [0.15, 0.2) is 5.82 Å². The highest BCUT2D eigenvalue weighted by Gasteiger charge is 2.31. The van der Waals surface area contributed by atoms with Crippen LogP contribution in [0.25, 0.3) is 0 Å². The fraction of sp³-hybridized carbons (Fsp3) is 0.500. The van der Waals surface area contributed by atoms with E-state index in [-0.39, 0.29) is 16.4 Å². The van der Waals surface area contributed by atoms with Gasteiger partial charge in [-0.15, -0.1) is 0 Å². The lowest BCUT2D eigenvalue weighted by Gasteiger charge is -2.23. The first kappa shape index (κ1) is 11.9. The molecule has 0 atom stereocenters. The van der Waals surface area contributed by atoms with Crippen molar-refractivity contribution in [2.75, 3.05) is 11.4 Å². The number of amidine groups is 1. The molecule has 0 aliphatic heterocycles. The molecule has 7 heteroatoms. The van der Waals surface area contributed by atoms with Crippen LogP contribution >= 0.6 is 11.6 Å². The first-order chi connectivity index (χ1) is 8.09. The molecule has 6 nitrogen and oxygen atoms in total. The Balaban J connectivity index is 2.23. The van der Waals surface area contributed by atoms with Crippen molar-refractivity contribution in [2.24, 2.45) is 5.73 Å². The van der Waals surface area contributed by atoms with Gasteiger partial charge in [-0.3, -0.25) is 10.2 Å². The Kier molecular flexibility index (Phi) is 3.33. The van der Waals surface area contributed by atoms with E-state index in [4.69, 9.17) is 22.7 Å². The topological polar surface area (TPSA) is 98.9 Å². The van der Waals surface area contributed by atoms with Crippen molar-refractivity contribution in [3.8, 4) is 0 Å². The Morgan fingerprint density at radius 2 is 2.41 bits per heavy atom. The molecule has 1 aromatic heterocycles. The maximum absolute atomic E-state index is 11.4. The molecule has 1 aliphatic rings. The van der Waals surface area contributed by atoms with Gasteiger partial charge < -0.3 is 15.6 Å². The predicted octanol–water partition coefficient (Wildman–Crippen LogP) is 0.718. The van der Waals surface area contributed by atoms with Crippen molar-refractivity contribution in [1.29, 1.82) is 5.41 Å². The minimum absolute atomic E-state index is 0.1000. The number of halogens is 1. The molecule has 1 aliphatic carbocycles. The quantitative estimate of drug-likeness (QED) is 0.533. The summed E-state index contributed by atoms with van der Waals surface area (Å²) >= 11 is 5.94. The van der Waals surface area contributed by atoms with Crippen LogP contribution in [-0.4, -0.2) is 28.4 Å². The SMILES string of the molecule is N=C(N)CCN(c1nc[nH]c(=O)c1Cl)C1CC1. The van der Waals surface area contributed by atoms with Gasteiger partial charge in [-0.05, 0) is 12.8 Å². The van der Waals surface area contributed by atoms with E-state index in [0.717, 1.165) is 12.8 Å². The molecule has 0 radical (unpaired) electrons. The monoisotopic (exact) mass is 255 g/mol. The van der Waals surface area contributed by atoms with Crippen molar-refractivity contribution in [3.05, 3.63) is 21.7 Å². The summed E-state index contributed by atoms with van der Waals surface area (Å²) in [6, 6.07) is 0.362. The summed E-state index contributed by atoms with van der Waals surface area (Å²) in [6.45, 7) is 0.566. The molecule has 0 amide bonds. The number of H-pyrrole nitrogens is 1. The lowest BCUT2D eigenvalue weighted by molar-refractivity contribution is 0.777. The molecule has 92 valence electrons. The average Bonchev–Trinajstić information content (AvgIpc) is 3.08. The van der Waals surface area contributed by atoms with Gasteiger partial charge in [0, 0.05) is 19.0 Å². The molecular formula is C10H14ClN5O. The third kappa shape index (κ3) is 2.76. The van der Waals surface area contributed by atoms with Gasteiger partial charge in [-0.1, -0.05) is 11.6 Å². The minimum Gasteiger partial charge on any atom is -0.388 e. The molecule has 17 heavy (non-hydrogen) atoms. The van der Waals surface area contributed by atoms with E-state index < -0.39 is 0 Å². The second kappa shape index (κ2) is 4.75. The molecule has 0 spiro atoms. The zero-order valence-corrected chi connectivity index (χ0v) is 10.00. The minimum atomic E-state index is -0.342. The van der Waals surface area contributed by atoms with Crippen LogP contribution < -0.4 is 16.2 Å². The van der Waals surface area contributed by atoms with E-state index >= 15 is 0 Å². The van der Waals surface area contributed by atoms with E-state index in [1.807, 2.05) is 4.90 Å². The summed E-state index contributed by atoms with van der Waals surface area (Å²) in [4.78, 5) is 19.9. The molecule has 2 rings (SSSR count). The van der Waals surface area contributed by atoms with Crippen molar-refractivity contribution in [2.45, 2.75) is 25.3 Å². The Morgan fingerprint density at radius 3 is 3.00 bits per heavy atom. The van der Waals surface area contributed by atoms with Gasteiger partial charge in [-0.25, -0.2) is 4.98 Å². The van der Waals surface area contributed by atoms with E-state index in [1.54, 1.807) is 0 Å². The van der Waals surface area contributed by atoms with E-state index in [1.165, 1.54) is 6.33 Å². The smallest absolute Gasteiger partial charge is 0.271 e. The zero-order valence-electron chi connectivity index (χ0n) is 9.24. The number of nitrogens with one attached hydrogen (secondary N) is 2. The normalized spacial score (nSPS) is 14.6. The largest absolute Gasteiger partial charge is 0.388 e. The predicted molar refractivity (Wildman–Crippen MR) is 66.8 cm³/mol. The Labute approximate surface area is 103 Å². The third-order valence-electron chi connectivity index (χ3n) is 2.66. The molecular weight excluding hydrogens is 242 g/mol. The van der Waals surface area contributed by atoms with Crippen LogP contribution in [0.15, 0.2) is 11.1 Å². The van der Waals surface area contributed by atoms with Gasteiger partial charge >= 0.3 is 0 Å². The second-order valence-corrected chi connectivity index (χ2v) is 4.45. The van der Waals surface area contributed by atoms with Crippen LogP contribution in [0.4, 0.5) is 5.82 Å². The highest BCUT2D eigenvalue weighted by atomic mass is 35.5. The number of aromatic nitrogens is 2. The maximum atomic E-state index is 11.4. The van der Waals surface area contributed by atoms with Gasteiger partial charge in [0.1, 0.15) is 5.02 Å². The summed E-state index contributed by atoms with van der Waals surface area (Å²) in [5.74, 6) is 0.607. The van der Waals surface area contributed by atoms with Crippen molar-refractivity contribution in [1.82, 2.24) is 9.97 Å². The third-order valence-corrected chi connectivity index (χ3v) is 3.00. The van der Waals surface area contributed by atoms with Crippen LogP contribution in [0.5, 0.6) is 0 Å². The molecule has 4 N–H and O–H groups in total. The first-order valence-electron chi connectivity index (χ1n) is 5.42. The lowest BCUT2D eigenvalue weighted by atomic mass is 10.3. The van der Waals surface area contributed by atoms with E-state index in [0.29, 0.717) is 24.8 Å². The standard InChI is InChI=1S/C10H14ClN5O/c11-8-9(14-5-15-10(8)17)16(6-1-2-6)4-3-7(12)13/h5-6H,1-4H2,(H3,12,13)(H,14,15,17). The number of anilines is 1. The van der Waals surface area contributed by atoms with Crippen LogP contribution in [0, 0.1) is 5.41 Å². The number of nitrogens with zero attached hydrogens (tertiary/aromatic N) is 2. The van der Waals surface area contributed by atoms with E-state index in [2.05, 4.69) is 9.97 Å². The second-order valence-electron chi connectivity index (χ2n) is 4.07. The Hall–Kier alpha value is -1.56. The molecule has 0 unspecified atom stereocenters. The van der Waals surface area contributed by atoms with Crippen molar-refractivity contribution in [3.63, 3.8) is 0 Å². The summed E-state index contributed by atoms with van der Waals surface area (Å²) < 4.78 is 0. The maximum Gasteiger partial charge on any atom is 0.271 e. The Bertz CT molecular complexity index is 482. The zero-order chi connectivity index (χ0) is 12.4. The summed E-state index contributed by atoms with van der Waals surface area (Å²) in [7, 11) is 0. The number of aromatic amines is 1. The van der Waals surface area contributed by atoms with Gasteiger partial charge in [-0.2, -0.15) is 0 Å². The molecule has 1 fully saturated rings. The lowest BCUT2D eigenvalue weighted by Crippen LogP contribution is -2.32. The molecule has 1 saturated carbocycles. The molecule has 1 heterocycles. The van der Waals surface area contributed by atoms with Gasteiger partial charge in [0.25, 0.3) is 5.56 Å². The fourth-order valence-electron chi connectivity index (χ4n) is 1.66. The fourth-order valence-corrected chi connectivity index (χ4v) is 1.87. The highest BCUT2D eigenvalue weighted by Crippen LogP contribution is 2.32. The first-order valence-corrected chi connectivity index (χ1v) is 5.80. The van der Waals surface area contributed by atoms with Crippen molar-refractivity contribution < 1.29 is 0 Å². The Morgan fingerprint density at radius 1 is 1.71 bits per heavy atom. The number of nitrogens with two attached hydrogens (primary N) is 1. The number of hydrogen-bond acceptors (Lipinski definition) is 4. The summed E-state index contributed by atoms with van der Waals surface area (Å²) in [5, 5.41) is 7.34. The van der Waals surface area contributed by atoms with Crippen LogP contribution in [0.3, 0.4) is 0 Å². The molecule has 0 bridgehead atoms. The van der Waals surface area contributed by atoms with Crippen LogP contribution in [-0.2, 0) is 0 Å². The summed E-state index contributed by atoms with van der Waals surface area (Å²) in [6.07, 6.45) is 3.90. The molecule has 1 aromatic rings. The van der Waals surface area contributed by atoms with Gasteiger partial charge in [0.2, 0.25) is 0 Å². The molecule has 0 aromatic carbocycles. The average molecular weight is 256 g/mol.